The van der Waals surface area contributed by atoms with Crippen molar-refractivity contribution in [2.45, 2.75) is 45.4 Å². The molecule has 0 bridgehead atoms. The van der Waals surface area contributed by atoms with Crippen molar-refractivity contribution in [3.63, 3.8) is 0 Å². The Bertz CT molecular complexity index is 837. The highest BCUT2D eigenvalue weighted by Gasteiger charge is 2.25. The van der Waals surface area contributed by atoms with Gasteiger partial charge in [0.05, 0.1) is 24.9 Å². The largest absolute Gasteiger partial charge is 0.376 e. The molecule has 7 heteroatoms. The first-order chi connectivity index (χ1) is 13.1. The first-order valence-corrected chi connectivity index (χ1v) is 9.44. The van der Waals surface area contributed by atoms with Crippen LogP contribution in [-0.4, -0.2) is 40.9 Å². The summed E-state index contributed by atoms with van der Waals surface area (Å²) in [6.45, 7) is 4.36. The van der Waals surface area contributed by atoms with Gasteiger partial charge in [-0.3, -0.25) is 14.5 Å². The predicted octanol–water partition coefficient (Wildman–Crippen LogP) is 2.04. The van der Waals surface area contributed by atoms with E-state index in [9.17, 15) is 9.59 Å². The van der Waals surface area contributed by atoms with Gasteiger partial charge in [0.2, 0.25) is 5.91 Å². The molecule has 7 nitrogen and oxygen atoms in total. The van der Waals surface area contributed by atoms with Gasteiger partial charge in [-0.15, -0.1) is 0 Å². The number of hydrogen-bond donors (Lipinski definition) is 1. The minimum atomic E-state index is -0.0974. The molecule has 0 saturated carbocycles. The van der Waals surface area contributed by atoms with Gasteiger partial charge in [-0.05, 0) is 37.5 Å². The standard InChI is InChI=1S/C20H24N4O3/c1-14-11-18-23(19(25)8-9-24(18)22-14)13-15-4-6-16(7-5-15)20(26)21-12-17-3-2-10-27-17/h4-7,11,17H,2-3,8-10,12-13H2,1H3,(H,21,26)/t17-/m1/s1. The number of ether oxygens (including phenoxy) is 1. The van der Waals surface area contributed by atoms with Gasteiger partial charge in [0.1, 0.15) is 5.82 Å². The highest BCUT2D eigenvalue weighted by atomic mass is 16.5. The van der Waals surface area contributed by atoms with Gasteiger partial charge in [0, 0.05) is 31.2 Å². The second-order valence-electron chi connectivity index (χ2n) is 7.14. The number of carbonyl (C=O) groups excluding carboxylic acids is 2. The van der Waals surface area contributed by atoms with E-state index in [4.69, 9.17) is 4.74 Å². The molecule has 1 aromatic heterocycles. The molecule has 1 aromatic carbocycles. The lowest BCUT2D eigenvalue weighted by Crippen LogP contribution is -2.37. The molecule has 0 spiro atoms. The summed E-state index contributed by atoms with van der Waals surface area (Å²) in [6.07, 6.45) is 2.64. The number of carbonyl (C=O) groups is 2. The third kappa shape index (κ3) is 3.88. The molecule has 27 heavy (non-hydrogen) atoms. The van der Waals surface area contributed by atoms with E-state index in [1.54, 1.807) is 17.0 Å². The molecular formula is C20H24N4O3. The maximum absolute atomic E-state index is 12.4. The van der Waals surface area contributed by atoms with Gasteiger partial charge in [-0.25, -0.2) is 4.68 Å². The van der Waals surface area contributed by atoms with Crippen LogP contribution < -0.4 is 10.2 Å². The lowest BCUT2D eigenvalue weighted by atomic mass is 10.1. The van der Waals surface area contributed by atoms with Crippen LogP contribution in [-0.2, 0) is 22.6 Å². The molecule has 1 fully saturated rings. The quantitative estimate of drug-likeness (QED) is 0.876. The summed E-state index contributed by atoms with van der Waals surface area (Å²) in [6, 6.07) is 9.34. The van der Waals surface area contributed by atoms with Gasteiger partial charge in [-0.2, -0.15) is 5.10 Å². The Labute approximate surface area is 158 Å². The predicted molar refractivity (Wildman–Crippen MR) is 101 cm³/mol. The van der Waals surface area contributed by atoms with Crippen LogP contribution in [0, 0.1) is 6.92 Å². The Kier molecular flexibility index (Phi) is 4.94. The smallest absolute Gasteiger partial charge is 0.251 e. The fraction of sp³-hybridized carbons (Fsp3) is 0.450. The van der Waals surface area contributed by atoms with Gasteiger partial charge in [0.15, 0.2) is 0 Å². The Morgan fingerprint density at radius 3 is 2.89 bits per heavy atom. The number of hydrogen-bond acceptors (Lipinski definition) is 4. The number of amides is 2. The van der Waals surface area contributed by atoms with Crippen molar-refractivity contribution in [2.24, 2.45) is 0 Å². The SMILES string of the molecule is Cc1cc2n(n1)CCC(=O)N2Cc1ccc(C(=O)NC[C@H]2CCCO2)cc1. The van der Waals surface area contributed by atoms with Gasteiger partial charge < -0.3 is 10.1 Å². The van der Waals surface area contributed by atoms with Crippen LogP contribution in [0.3, 0.4) is 0 Å². The van der Waals surface area contributed by atoms with Crippen molar-refractivity contribution in [3.05, 3.63) is 47.2 Å². The number of nitrogens with one attached hydrogen (secondary N) is 1. The minimum Gasteiger partial charge on any atom is -0.376 e. The van der Waals surface area contributed by atoms with Crippen LogP contribution in [0.25, 0.3) is 0 Å². The second-order valence-corrected chi connectivity index (χ2v) is 7.14. The van der Waals surface area contributed by atoms with Crippen LogP contribution in [0.15, 0.2) is 30.3 Å². The van der Waals surface area contributed by atoms with Gasteiger partial charge >= 0.3 is 0 Å². The number of nitrogens with zero attached hydrogens (tertiary/aromatic N) is 3. The Morgan fingerprint density at radius 2 is 2.15 bits per heavy atom. The summed E-state index contributed by atoms with van der Waals surface area (Å²) in [5, 5.41) is 7.35. The van der Waals surface area contributed by atoms with Crippen LogP contribution in [0.2, 0.25) is 0 Å². The maximum atomic E-state index is 12.4. The zero-order valence-corrected chi connectivity index (χ0v) is 15.5. The molecule has 1 atom stereocenters. The lowest BCUT2D eigenvalue weighted by Gasteiger charge is -2.27. The first kappa shape index (κ1) is 17.7. The van der Waals surface area contributed by atoms with E-state index in [1.807, 2.05) is 29.8 Å². The van der Waals surface area contributed by atoms with E-state index in [-0.39, 0.29) is 17.9 Å². The Morgan fingerprint density at radius 1 is 1.33 bits per heavy atom. The topological polar surface area (TPSA) is 76.5 Å². The molecule has 3 heterocycles. The van der Waals surface area contributed by atoms with E-state index in [1.165, 1.54) is 0 Å². The second kappa shape index (κ2) is 7.52. The molecule has 0 aliphatic carbocycles. The molecular weight excluding hydrogens is 344 g/mol. The zero-order chi connectivity index (χ0) is 18.8. The number of rotatable bonds is 5. The van der Waals surface area contributed by atoms with E-state index in [2.05, 4.69) is 10.4 Å². The number of anilines is 1. The molecule has 2 aromatic rings. The number of aryl methyl sites for hydroxylation is 2. The van der Waals surface area contributed by atoms with E-state index < -0.39 is 0 Å². The van der Waals surface area contributed by atoms with E-state index in [0.717, 1.165) is 36.5 Å². The van der Waals surface area contributed by atoms with E-state index >= 15 is 0 Å². The number of benzene rings is 1. The fourth-order valence-electron chi connectivity index (χ4n) is 3.61. The third-order valence-corrected chi connectivity index (χ3v) is 5.07. The number of aromatic nitrogens is 2. The highest BCUT2D eigenvalue weighted by Crippen LogP contribution is 2.24. The summed E-state index contributed by atoms with van der Waals surface area (Å²) in [7, 11) is 0. The number of fused-ring (bicyclic) bond motifs is 1. The Balaban J connectivity index is 1.40. The molecule has 1 saturated heterocycles. The molecule has 142 valence electrons. The molecule has 2 aliphatic heterocycles. The normalized spacial score (nSPS) is 19.2. The first-order valence-electron chi connectivity index (χ1n) is 9.44. The average molecular weight is 368 g/mol. The van der Waals surface area contributed by atoms with Crippen LogP contribution in [0.1, 0.15) is 40.9 Å². The highest BCUT2D eigenvalue weighted by molar-refractivity contribution is 5.95. The van der Waals surface area contributed by atoms with Crippen molar-refractivity contribution in [3.8, 4) is 0 Å². The molecule has 4 rings (SSSR count). The monoisotopic (exact) mass is 368 g/mol. The third-order valence-electron chi connectivity index (χ3n) is 5.07. The van der Waals surface area contributed by atoms with Crippen molar-refractivity contribution in [1.82, 2.24) is 15.1 Å². The zero-order valence-electron chi connectivity index (χ0n) is 15.5. The summed E-state index contributed by atoms with van der Waals surface area (Å²) in [5.41, 5.74) is 2.50. The summed E-state index contributed by atoms with van der Waals surface area (Å²) < 4.78 is 7.40. The fourth-order valence-corrected chi connectivity index (χ4v) is 3.61. The summed E-state index contributed by atoms with van der Waals surface area (Å²) >= 11 is 0. The maximum Gasteiger partial charge on any atom is 0.251 e. The van der Waals surface area contributed by atoms with Crippen LogP contribution in [0.4, 0.5) is 5.82 Å². The molecule has 2 aliphatic rings. The van der Waals surface area contributed by atoms with Crippen molar-refractivity contribution >= 4 is 17.6 Å². The van der Waals surface area contributed by atoms with Crippen LogP contribution >= 0.6 is 0 Å². The van der Waals surface area contributed by atoms with Crippen molar-refractivity contribution in [2.75, 3.05) is 18.1 Å². The molecule has 2 amide bonds. The molecule has 0 unspecified atom stereocenters. The molecule has 1 N–H and O–H groups in total. The molecule has 0 radical (unpaired) electrons. The van der Waals surface area contributed by atoms with Crippen molar-refractivity contribution < 1.29 is 14.3 Å². The van der Waals surface area contributed by atoms with Crippen molar-refractivity contribution in [1.29, 1.82) is 0 Å². The average Bonchev–Trinajstić information content (AvgIpc) is 3.31. The van der Waals surface area contributed by atoms with Crippen LogP contribution in [0.5, 0.6) is 0 Å². The summed E-state index contributed by atoms with van der Waals surface area (Å²) in [5.74, 6) is 0.836. The van der Waals surface area contributed by atoms with E-state index in [0.29, 0.717) is 31.6 Å². The lowest BCUT2D eigenvalue weighted by molar-refractivity contribution is -0.119. The summed E-state index contributed by atoms with van der Waals surface area (Å²) in [4.78, 5) is 26.4. The van der Waals surface area contributed by atoms with Gasteiger partial charge in [-0.1, -0.05) is 12.1 Å². The van der Waals surface area contributed by atoms with Gasteiger partial charge in [0.25, 0.3) is 5.91 Å². The minimum absolute atomic E-state index is 0.0974. The Hall–Kier alpha value is -2.67.